The van der Waals surface area contributed by atoms with Crippen LogP contribution in [0.15, 0.2) is 51.8 Å². The van der Waals surface area contributed by atoms with Gasteiger partial charge in [0.25, 0.3) is 5.91 Å². The summed E-state index contributed by atoms with van der Waals surface area (Å²) >= 11 is 3.46. The van der Waals surface area contributed by atoms with Crippen LogP contribution in [-0.2, 0) is 14.8 Å². The van der Waals surface area contributed by atoms with Crippen molar-refractivity contribution in [3.05, 3.63) is 52.5 Å². The van der Waals surface area contributed by atoms with E-state index in [4.69, 9.17) is 4.74 Å². The summed E-state index contributed by atoms with van der Waals surface area (Å²) in [6, 6.07) is 11.5. The zero-order chi connectivity index (χ0) is 21.7. The lowest BCUT2D eigenvalue weighted by atomic mass is 10.2. The number of rotatable bonds is 7. The Labute approximate surface area is 186 Å². The van der Waals surface area contributed by atoms with Crippen molar-refractivity contribution in [3.8, 4) is 0 Å². The van der Waals surface area contributed by atoms with Crippen molar-refractivity contribution in [2.24, 2.45) is 0 Å². The molecule has 1 fully saturated rings. The van der Waals surface area contributed by atoms with Gasteiger partial charge in [0.15, 0.2) is 0 Å². The predicted octanol–water partition coefficient (Wildman–Crippen LogP) is 3.61. The Morgan fingerprint density at radius 2 is 1.83 bits per heavy atom. The Morgan fingerprint density at radius 3 is 2.47 bits per heavy atom. The molecule has 1 atom stereocenters. The second-order valence-electron chi connectivity index (χ2n) is 7.17. The average Bonchev–Trinajstić information content (AvgIpc) is 2.74. The molecule has 0 spiro atoms. The van der Waals surface area contributed by atoms with Gasteiger partial charge in [-0.2, -0.15) is 0 Å². The van der Waals surface area contributed by atoms with Crippen LogP contribution in [0.5, 0.6) is 0 Å². The van der Waals surface area contributed by atoms with Crippen molar-refractivity contribution in [2.75, 3.05) is 36.5 Å². The molecule has 0 radical (unpaired) electrons. The minimum Gasteiger partial charge on any atom is -0.378 e. The Bertz CT molecular complexity index is 990. The third kappa shape index (κ3) is 5.60. The van der Waals surface area contributed by atoms with Crippen LogP contribution < -0.4 is 14.9 Å². The van der Waals surface area contributed by atoms with Crippen LogP contribution in [0.1, 0.15) is 30.6 Å². The van der Waals surface area contributed by atoms with E-state index in [2.05, 4.69) is 30.9 Å². The number of morpholine rings is 1. The lowest BCUT2D eigenvalue weighted by molar-refractivity contribution is 0.102. The molecule has 30 heavy (non-hydrogen) atoms. The highest BCUT2D eigenvalue weighted by Crippen LogP contribution is 2.30. The molecule has 0 aliphatic carbocycles. The molecule has 2 aromatic rings. The van der Waals surface area contributed by atoms with Crippen LogP contribution in [-0.4, -0.2) is 46.7 Å². The van der Waals surface area contributed by atoms with Crippen LogP contribution in [0, 0.1) is 0 Å². The minimum absolute atomic E-state index is 0.135. The Balaban J connectivity index is 1.77. The van der Waals surface area contributed by atoms with Gasteiger partial charge < -0.3 is 15.0 Å². The van der Waals surface area contributed by atoms with Crippen LogP contribution >= 0.6 is 15.9 Å². The third-order valence-corrected chi connectivity index (χ3v) is 7.05. The zero-order valence-corrected chi connectivity index (χ0v) is 19.4. The fourth-order valence-corrected chi connectivity index (χ4v) is 4.77. The fraction of sp³-hybridized carbons (Fsp3) is 0.381. The molecule has 2 aromatic carbocycles. The predicted molar refractivity (Wildman–Crippen MR) is 122 cm³/mol. The first-order valence-electron chi connectivity index (χ1n) is 9.86. The number of hydrogen-bond acceptors (Lipinski definition) is 5. The Morgan fingerprint density at radius 1 is 1.17 bits per heavy atom. The summed E-state index contributed by atoms with van der Waals surface area (Å²) in [6.07, 6.45) is 0.692. The first kappa shape index (κ1) is 22.7. The lowest BCUT2D eigenvalue weighted by Gasteiger charge is -2.30. The zero-order valence-electron chi connectivity index (χ0n) is 17.0. The van der Waals surface area contributed by atoms with E-state index >= 15 is 0 Å². The number of carbonyl (C=O) groups excluding carboxylic acids is 1. The van der Waals surface area contributed by atoms with Gasteiger partial charge >= 0.3 is 0 Å². The normalized spacial score (nSPS) is 15.6. The number of anilines is 2. The van der Waals surface area contributed by atoms with E-state index in [1.54, 1.807) is 0 Å². The number of hydrogen-bond donors (Lipinski definition) is 2. The van der Waals surface area contributed by atoms with Gasteiger partial charge in [-0.05, 0) is 55.8 Å². The number of ether oxygens (including phenoxy) is 1. The quantitative estimate of drug-likeness (QED) is 0.612. The second kappa shape index (κ2) is 9.91. The molecule has 0 bridgehead atoms. The van der Waals surface area contributed by atoms with Crippen molar-refractivity contribution in [1.29, 1.82) is 0 Å². The SMILES string of the molecule is CCC(C)NS(=O)(=O)c1ccc(C(=O)Nc2cc(Br)ccc2N2CCOCC2)cc1. The van der Waals surface area contributed by atoms with Gasteiger partial charge in [-0.15, -0.1) is 0 Å². The number of nitrogens with zero attached hydrogens (tertiary/aromatic N) is 1. The number of carbonyl (C=O) groups is 1. The third-order valence-electron chi connectivity index (χ3n) is 4.95. The first-order valence-corrected chi connectivity index (χ1v) is 12.1. The largest absolute Gasteiger partial charge is 0.378 e. The topological polar surface area (TPSA) is 87.7 Å². The smallest absolute Gasteiger partial charge is 0.255 e. The van der Waals surface area contributed by atoms with Crippen LogP contribution in [0.3, 0.4) is 0 Å². The summed E-state index contributed by atoms with van der Waals surface area (Å²) in [7, 11) is -3.61. The average molecular weight is 496 g/mol. The number of benzene rings is 2. The summed E-state index contributed by atoms with van der Waals surface area (Å²) < 4.78 is 33.7. The molecule has 9 heteroatoms. The van der Waals surface area contributed by atoms with Gasteiger partial charge in [-0.1, -0.05) is 22.9 Å². The van der Waals surface area contributed by atoms with E-state index in [0.717, 1.165) is 23.2 Å². The van der Waals surface area contributed by atoms with Crippen LogP contribution in [0.2, 0.25) is 0 Å². The standard InChI is InChI=1S/C21H26BrN3O4S/c1-3-15(2)24-30(27,28)18-7-4-16(5-8-18)21(26)23-19-14-17(22)6-9-20(19)25-10-12-29-13-11-25/h4-9,14-15,24H,3,10-13H2,1-2H3,(H,23,26). The first-order chi connectivity index (χ1) is 14.3. The maximum Gasteiger partial charge on any atom is 0.255 e. The van der Waals surface area contributed by atoms with E-state index in [1.165, 1.54) is 24.3 Å². The molecule has 0 saturated carbocycles. The maximum absolute atomic E-state index is 12.8. The van der Waals surface area contributed by atoms with Crippen molar-refractivity contribution in [3.63, 3.8) is 0 Å². The lowest BCUT2D eigenvalue weighted by Crippen LogP contribution is -2.36. The molecule has 1 unspecified atom stereocenters. The molecule has 3 rings (SSSR count). The highest BCUT2D eigenvalue weighted by Gasteiger charge is 2.19. The molecule has 2 N–H and O–H groups in total. The molecule has 1 aliphatic heterocycles. The molecule has 162 valence electrons. The fourth-order valence-electron chi connectivity index (χ4n) is 3.08. The van der Waals surface area contributed by atoms with Crippen LogP contribution in [0.4, 0.5) is 11.4 Å². The van der Waals surface area contributed by atoms with E-state index in [9.17, 15) is 13.2 Å². The monoisotopic (exact) mass is 495 g/mol. The molecule has 1 heterocycles. The highest BCUT2D eigenvalue weighted by atomic mass is 79.9. The van der Waals surface area contributed by atoms with E-state index in [0.29, 0.717) is 30.9 Å². The molecule has 1 amide bonds. The summed E-state index contributed by atoms with van der Waals surface area (Å²) in [5, 5.41) is 2.95. The molecule has 1 saturated heterocycles. The van der Waals surface area contributed by atoms with Gasteiger partial charge in [0.2, 0.25) is 10.0 Å². The number of nitrogens with one attached hydrogen (secondary N) is 2. The summed E-state index contributed by atoms with van der Waals surface area (Å²) in [5.74, 6) is -0.304. The van der Waals surface area contributed by atoms with E-state index in [-0.39, 0.29) is 16.8 Å². The summed E-state index contributed by atoms with van der Waals surface area (Å²) in [6.45, 7) is 6.51. The minimum atomic E-state index is -3.61. The molecule has 0 aromatic heterocycles. The molecular weight excluding hydrogens is 470 g/mol. The molecule has 7 nitrogen and oxygen atoms in total. The van der Waals surface area contributed by atoms with Crippen molar-refractivity contribution in [2.45, 2.75) is 31.2 Å². The summed E-state index contributed by atoms with van der Waals surface area (Å²) in [4.78, 5) is 15.1. The number of amides is 1. The van der Waals surface area contributed by atoms with Gasteiger partial charge in [-0.3, -0.25) is 4.79 Å². The number of sulfonamides is 1. The van der Waals surface area contributed by atoms with Gasteiger partial charge in [0.05, 0.1) is 29.5 Å². The van der Waals surface area contributed by atoms with Crippen molar-refractivity contribution in [1.82, 2.24) is 4.72 Å². The molecule has 1 aliphatic rings. The highest BCUT2D eigenvalue weighted by molar-refractivity contribution is 9.10. The summed E-state index contributed by atoms with van der Waals surface area (Å²) in [5.41, 5.74) is 1.99. The van der Waals surface area contributed by atoms with Crippen LogP contribution in [0.25, 0.3) is 0 Å². The van der Waals surface area contributed by atoms with Gasteiger partial charge in [-0.25, -0.2) is 13.1 Å². The van der Waals surface area contributed by atoms with Crippen molar-refractivity contribution >= 4 is 43.2 Å². The second-order valence-corrected chi connectivity index (χ2v) is 9.80. The molecular formula is C21H26BrN3O4S. The van der Waals surface area contributed by atoms with Gasteiger partial charge in [0, 0.05) is 29.2 Å². The van der Waals surface area contributed by atoms with Crippen molar-refractivity contribution < 1.29 is 17.9 Å². The van der Waals surface area contributed by atoms with Gasteiger partial charge in [0.1, 0.15) is 0 Å². The Hall–Kier alpha value is -1.94. The maximum atomic E-state index is 12.8. The van der Waals surface area contributed by atoms with E-state index in [1.807, 2.05) is 32.0 Å². The van der Waals surface area contributed by atoms with E-state index < -0.39 is 10.0 Å². The Kier molecular flexibility index (Phi) is 7.51. The number of halogens is 1.